The molecule has 7 nitrogen and oxygen atoms in total. The van der Waals surface area contributed by atoms with Gasteiger partial charge in [-0.1, -0.05) is 24.7 Å². The van der Waals surface area contributed by atoms with Crippen molar-refractivity contribution in [3.05, 3.63) is 39.9 Å². The first kappa shape index (κ1) is 16.3. The van der Waals surface area contributed by atoms with Crippen LogP contribution in [0.3, 0.4) is 0 Å². The molecule has 0 aliphatic carbocycles. The molecule has 1 aromatic carbocycles. The van der Waals surface area contributed by atoms with E-state index in [1.807, 2.05) is 0 Å². The summed E-state index contributed by atoms with van der Waals surface area (Å²) in [5, 5.41) is 12.0. The van der Waals surface area contributed by atoms with Gasteiger partial charge in [-0.05, 0) is 24.6 Å². The number of nitrogens with one attached hydrogen (secondary N) is 1. The largest absolute Gasteiger partial charge is 0.296 e. The fourth-order valence-electron chi connectivity index (χ4n) is 2.40. The van der Waals surface area contributed by atoms with Crippen LogP contribution in [-0.4, -0.2) is 39.9 Å². The number of amides is 3. The highest BCUT2D eigenvalue weighted by molar-refractivity contribution is 7.15. The van der Waals surface area contributed by atoms with E-state index in [-0.39, 0.29) is 17.4 Å². The van der Waals surface area contributed by atoms with Crippen LogP contribution in [0, 0.1) is 0 Å². The van der Waals surface area contributed by atoms with Gasteiger partial charge in [0, 0.05) is 19.0 Å². The summed E-state index contributed by atoms with van der Waals surface area (Å²) in [5.41, 5.74) is 0.864. The lowest BCUT2D eigenvalue weighted by Gasteiger charge is -2.03. The van der Waals surface area contributed by atoms with Crippen molar-refractivity contribution in [1.82, 2.24) is 15.1 Å². The monoisotopic (exact) mass is 344 g/mol. The van der Waals surface area contributed by atoms with Crippen molar-refractivity contribution in [3.8, 4) is 0 Å². The number of aromatic nitrogens is 2. The summed E-state index contributed by atoms with van der Waals surface area (Å²) in [7, 11) is 1.42. The number of fused-ring (bicyclic) bond motifs is 1. The maximum absolute atomic E-state index is 12.3. The van der Waals surface area contributed by atoms with Crippen LogP contribution in [0.2, 0.25) is 0 Å². The zero-order valence-corrected chi connectivity index (χ0v) is 14.1. The predicted octanol–water partition coefficient (Wildman–Crippen LogP) is 2.36. The third kappa shape index (κ3) is 2.92. The molecule has 0 bridgehead atoms. The van der Waals surface area contributed by atoms with Gasteiger partial charge < -0.3 is 0 Å². The van der Waals surface area contributed by atoms with Gasteiger partial charge in [0.15, 0.2) is 0 Å². The predicted molar refractivity (Wildman–Crippen MR) is 89.3 cm³/mol. The van der Waals surface area contributed by atoms with E-state index in [1.165, 1.54) is 36.6 Å². The Morgan fingerprint density at radius 1 is 1.21 bits per heavy atom. The number of imide groups is 1. The van der Waals surface area contributed by atoms with Crippen LogP contribution in [0.15, 0.2) is 18.2 Å². The molecule has 1 N–H and O–H groups in total. The summed E-state index contributed by atoms with van der Waals surface area (Å²) in [5.74, 6) is -1.14. The smallest absolute Gasteiger partial charge is 0.261 e. The van der Waals surface area contributed by atoms with Crippen LogP contribution in [-0.2, 0) is 6.42 Å². The van der Waals surface area contributed by atoms with Crippen molar-refractivity contribution in [2.75, 3.05) is 12.4 Å². The molecule has 1 aromatic heterocycles. The fraction of sp³-hybridized carbons (Fsp3) is 0.312. The number of carbonyl (C=O) groups excluding carboxylic acids is 3. The molecule has 1 aliphatic rings. The Hall–Kier alpha value is -2.61. The van der Waals surface area contributed by atoms with E-state index >= 15 is 0 Å². The number of hydrogen-bond donors (Lipinski definition) is 1. The molecule has 2 heterocycles. The summed E-state index contributed by atoms with van der Waals surface area (Å²) < 4.78 is 0. The van der Waals surface area contributed by atoms with Gasteiger partial charge in [0.1, 0.15) is 5.01 Å². The molecule has 0 saturated heterocycles. The quantitative estimate of drug-likeness (QED) is 0.841. The first-order chi connectivity index (χ1) is 11.5. The number of hydrogen-bond acceptors (Lipinski definition) is 6. The molecule has 0 saturated carbocycles. The number of aryl methyl sites for hydroxylation is 1. The van der Waals surface area contributed by atoms with Gasteiger partial charge in [0.25, 0.3) is 17.7 Å². The van der Waals surface area contributed by atoms with Crippen molar-refractivity contribution in [2.24, 2.45) is 0 Å². The van der Waals surface area contributed by atoms with Crippen LogP contribution >= 0.6 is 11.3 Å². The Morgan fingerprint density at radius 3 is 2.71 bits per heavy atom. The maximum Gasteiger partial charge on any atom is 0.261 e. The van der Waals surface area contributed by atoms with E-state index in [1.54, 1.807) is 0 Å². The lowest BCUT2D eigenvalue weighted by molar-refractivity contribution is 0.0693. The number of carbonyl (C=O) groups is 3. The number of unbranched alkanes of at least 4 members (excludes halogenated alkanes) is 1. The molecule has 0 spiro atoms. The van der Waals surface area contributed by atoms with Crippen molar-refractivity contribution in [1.29, 1.82) is 0 Å². The van der Waals surface area contributed by atoms with Gasteiger partial charge in [-0.15, -0.1) is 10.2 Å². The molecule has 3 rings (SSSR count). The second-order valence-electron chi connectivity index (χ2n) is 5.49. The molecule has 0 unspecified atom stereocenters. The normalized spacial score (nSPS) is 13.3. The fourth-order valence-corrected chi connectivity index (χ4v) is 3.18. The highest BCUT2D eigenvalue weighted by Crippen LogP contribution is 2.24. The van der Waals surface area contributed by atoms with Crippen molar-refractivity contribution < 1.29 is 14.4 Å². The summed E-state index contributed by atoms with van der Waals surface area (Å²) >= 11 is 1.34. The van der Waals surface area contributed by atoms with E-state index in [0.29, 0.717) is 16.3 Å². The van der Waals surface area contributed by atoms with Gasteiger partial charge in [0.2, 0.25) is 5.13 Å². The standard InChI is InChI=1S/C16H16N4O3S/c1-3-4-5-12-18-19-16(24-12)17-13(21)9-6-7-10-11(8-9)15(23)20(2)14(10)22/h6-8H,3-5H2,1-2H3,(H,17,19,21). The molecule has 3 amide bonds. The minimum Gasteiger partial charge on any atom is -0.296 e. The van der Waals surface area contributed by atoms with Gasteiger partial charge in [0.05, 0.1) is 11.1 Å². The van der Waals surface area contributed by atoms with Crippen molar-refractivity contribution >= 4 is 34.2 Å². The zero-order valence-electron chi connectivity index (χ0n) is 13.3. The van der Waals surface area contributed by atoms with Crippen LogP contribution in [0.1, 0.15) is 55.8 Å². The number of benzene rings is 1. The Kier molecular flexibility index (Phi) is 4.39. The summed E-state index contributed by atoms with van der Waals surface area (Å²) in [6, 6.07) is 4.46. The highest BCUT2D eigenvalue weighted by Gasteiger charge is 2.33. The summed E-state index contributed by atoms with van der Waals surface area (Å²) in [6.45, 7) is 2.10. The lowest BCUT2D eigenvalue weighted by Crippen LogP contribution is -2.24. The number of anilines is 1. The first-order valence-corrected chi connectivity index (χ1v) is 8.43. The topological polar surface area (TPSA) is 92.3 Å². The van der Waals surface area contributed by atoms with Crippen molar-refractivity contribution in [3.63, 3.8) is 0 Å². The molecular weight excluding hydrogens is 328 g/mol. The minimum absolute atomic E-state index is 0.246. The average Bonchev–Trinajstić information content (AvgIpc) is 3.12. The minimum atomic E-state index is -0.401. The molecule has 0 fully saturated rings. The second-order valence-corrected chi connectivity index (χ2v) is 6.55. The molecule has 1 aliphatic heterocycles. The Labute approximate surface area is 142 Å². The Balaban J connectivity index is 1.76. The van der Waals surface area contributed by atoms with E-state index in [2.05, 4.69) is 22.4 Å². The van der Waals surface area contributed by atoms with E-state index in [4.69, 9.17) is 0 Å². The molecule has 0 radical (unpaired) electrons. The summed E-state index contributed by atoms with van der Waals surface area (Å²) in [6.07, 6.45) is 2.93. The molecule has 0 atom stereocenters. The van der Waals surface area contributed by atoms with Crippen molar-refractivity contribution in [2.45, 2.75) is 26.2 Å². The zero-order chi connectivity index (χ0) is 17.3. The third-order valence-corrected chi connectivity index (χ3v) is 4.68. The average molecular weight is 344 g/mol. The lowest BCUT2D eigenvalue weighted by atomic mass is 10.1. The molecule has 2 aromatic rings. The van der Waals surface area contributed by atoms with Crippen LogP contribution in [0.4, 0.5) is 5.13 Å². The number of nitrogens with zero attached hydrogens (tertiary/aromatic N) is 3. The SMILES string of the molecule is CCCCc1nnc(NC(=O)c2ccc3c(c2)C(=O)N(C)C3=O)s1. The van der Waals surface area contributed by atoms with Gasteiger partial charge in [-0.25, -0.2) is 0 Å². The van der Waals surface area contributed by atoms with Gasteiger partial charge >= 0.3 is 0 Å². The maximum atomic E-state index is 12.3. The highest BCUT2D eigenvalue weighted by atomic mass is 32.1. The molecule has 24 heavy (non-hydrogen) atoms. The first-order valence-electron chi connectivity index (χ1n) is 7.61. The Morgan fingerprint density at radius 2 is 1.96 bits per heavy atom. The van der Waals surface area contributed by atoms with Gasteiger partial charge in [-0.3, -0.25) is 24.6 Å². The van der Waals surface area contributed by atoms with Crippen LogP contribution < -0.4 is 5.32 Å². The summed E-state index contributed by atoms with van der Waals surface area (Å²) in [4.78, 5) is 37.2. The van der Waals surface area contributed by atoms with Crippen LogP contribution in [0.5, 0.6) is 0 Å². The molecular formula is C16H16N4O3S. The third-order valence-electron chi connectivity index (χ3n) is 3.78. The van der Waals surface area contributed by atoms with Gasteiger partial charge in [-0.2, -0.15) is 0 Å². The van der Waals surface area contributed by atoms with E-state index in [9.17, 15) is 14.4 Å². The number of rotatable bonds is 5. The van der Waals surface area contributed by atoms with E-state index < -0.39 is 5.91 Å². The van der Waals surface area contributed by atoms with Crippen LogP contribution in [0.25, 0.3) is 0 Å². The Bertz CT molecular complexity index is 830. The second kappa shape index (κ2) is 6.48. The molecule has 124 valence electrons. The molecule has 8 heteroatoms. The van der Waals surface area contributed by atoms with E-state index in [0.717, 1.165) is 29.2 Å².